The fraction of sp³-hybridized carbons (Fsp3) is 0.519. The lowest BCUT2D eigenvalue weighted by molar-refractivity contribution is -0.140. The fourth-order valence-corrected chi connectivity index (χ4v) is 4.45. The van der Waals surface area contributed by atoms with Gasteiger partial charge in [0.15, 0.2) is 0 Å². The van der Waals surface area contributed by atoms with Crippen LogP contribution in [-0.4, -0.2) is 61.2 Å². The Morgan fingerprint density at radius 1 is 1.00 bits per heavy atom. The molecule has 1 aromatic carbocycles. The quantitative estimate of drug-likeness (QED) is 0.223. The molecule has 1 aromatic heterocycles. The summed E-state index contributed by atoms with van der Waals surface area (Å²) >= 11 is 1.68. The number of benzene rings is 1. The number of nitrogens with zero attached hydrogens (tertiary/aromatic N) is 2. The standard InChI is InChI=1S/C27H36N2O6S/c1-33-27(32)8-6-4-3-5-7-26(31)29-15-13-28(14-16-29)18-22-17-24(30)25(20-34-22)35-19-21-9-11-23(36-2)12-10-21/h9-12,17,20H,3-8,13-16,18-19H2,1-2H3. The van der Waals surface area contributed by atoms with Crippen LogP contribution in [-0.2, 0) is 27.5 Å². The van der Waals surface area contributed by atoms with Crippen molar-refractivity contribution in [3.05, 3.63) is 58.1 Å². The van der Waals surface area contributed by atoms with Gasteiger partial charge in [-0.15, -0.1) is 11.8 Å². The van der Waals surface area contributed by atoms with E-state index in [4.69, 9.17) is 9.15 Å². The number of carbonyl (C=O) groups excluding carboxylic acids is 2. The van der Waals surface area contributed by atoms with E-state index in [0.717, 1.165) is 44.3 Å². The van der Waals surface area contributed by atoms with Crippen LogP contribution in [0.5, 0.6) is 5.75 Å². The summed E-state index contributed by atoms with van der Waals surface area (Å²) in [4.78, 5) is 41.3. The summed E-state index contributed by atoms with van der Waals surface area (Å²) in [6, 6.07) is 9.51. The number of hydrogen-bond acceptors (Lipinski definition) is 8. The lowest BCUT2D eigenvalue weighted by Crippen LogP contribution is -2.48. The first kappa shape index (κ1) is 27.8. The van der Waals surface area contributed by atoms with E-state index in [1.807, 2.05) is 35.4 Å². The van der Waals surface area contributed by atoms with Crippen molar-refractivity contribution in [3.8, 4) is 5.75 Å². The Bertz CT molecular complexity index is 1030. The van der Waals surface area contributed by atoms with Crippen LogP contribution in [0.2, 0.25) is 0 Å². The second-order valence-electron chi connectivity index (χ2n) is 8.86. The molecule has 9 heteroatoms. The third-order valence-corrected chi connectivity index (χ3v) is 7.00. The summed E-state index contributed by atoms with van der Waals surface area (Å²) in [6.45, 7) is 3.64. The monoisotopic (exact) mass is 516 g/mol. The molecule has 1 fully saturated rings. The predicted octanol–water partition coefficient (Wildman–Crippen LogP) is 4.10. The highest BCUT2D eigenvalue weighted by Crippen LogP contribution is 2.17. The summed E-state index contributed by atoms with van der Waals surface area (Å²) in [5.74, 6) is 0.788. The molecule has 0 saturated carbocycles. The van der Waals surface area contributed by atoms with Gasteiger partial charge in [-0.3, -0.25) is 19.3 Å². The largest absolute Gasteiger partial charge is 0.482 e. The van der Waals surface area contributed by atoms with E-state index in [0.29, 0.717) is 44.8 Å². The summed E-state index contributed by atoms with van der Waals surface area (Å²) in [5.41, 5.74) is 0.791. The number of thioether (sulfide) groups is 1. The first-order valence-electron chi connectivity index (χ1n) is 12.4. The molecule has 1 saturated heterocycles. The molecule has 3 rings (SSSR count). The van der Waals surface area contributed by atoms with Crippen LogP contribution in [0.15, 0.2) is 50.7 Å². The third-order valence-electron chi connectivity index (χ3n) is 6.26. The van der Waals surface area contributed by atoms with Crippen molar-refractivity contribution >= 4 is 23.6 Å². The summed E-state index contributed by atoms with van der Waals surface area (Å²) in [5, 5.41) is 0. The van der Waals surface area contributed by atoms with Crippen LogP contribution in [0.25, 0.3) is 0 Å². The molecule has 0 radical (unpaired) electrons. The molecule has 0 unspecified atom stereocenters. The molecule has 196 valence electrons. The summed E-state index contributed by atoms with van der Waals surface area (Å²) in [7, 11) is 1.40. The first-order chi connectivity index (χ1) is 17.5. The molecular formula is C27H36N2O6S. The molecule has 2 heterocycles. The SMILES string of the molecule is COC(=O)CCCCCCC(=O)N1CCN(Cc2cc(=O)c(OCc3ccc(SC)cc3)co2)CC1. The maximum atomic E-state index is 12.5. The molecule has 36 heavy (non-hydrogen) atoms. The van der Waals surface area contributed by atoms with Crippen molar-refractivity contribution < 1.29 is 23.5 Å². The van der Waals surface area contributed by atoms with E-state index < -0.39 is 0 Å². The number of unbranched alkanes of at least 4 members (excludes halogenated alkanes) is 3. The van der Waals surface area contributed by atoms with Crippen molar-refractivity contribution in [1.29, 1.82) is 0 Å². The van der Waals surface area contributed by atoms with Crippen LogP contribution in [0.4, 0.5) is 0 Å². The fourth-order valence-electron chi connectivity index (χ4n) is 4.04. The lowest BCUT2D eigenvalue weighted by atomic mass is 10.1. The number of methoxy groups -OCH3 is 1. The number of esters is 1. The molecule has 1 aliphatic rings. The molecule has 0 spiro atoms. The number of rotatable bonds is 13. The zero-order valence-electron chi connectivity index (χ0n) is 21.2. The van der Waals surface area contributed by atoms with Gasteiger partial charge in [0, 0.05) is 50.0 Å². The van der Waals surface area contributed by atoms with Crippen LogP contribution >= 0.6 is 11.8 Å². The molecular weight excluding hydrogens is 480 g/mol. The molecule has 1 amide bonds. The second-order valence-corrected chi connectivity index (χ2v) is 9.74. The van der Waals surface area contributed by atoms with Gasteiger partial charge in [0.1, 0.15) is 18.6 Å². The Labute approximate surface area is 216 Å². The minimum atomic E-state index is -0.197. The Hall–Kier alpha value is -2.78. The van der Waals surface area contributed by atoms with Crippen molar-refractivity contribution in [3.63, 3.8) is 0 Å². The van der Waals surface area contributed by atoms with Crippen LogP contribution in [0.1, 0.15) is 49.8 Å². The van der Waals surface area contributed by atoms with Gasteiger partial charge in [0.05, 0.1) is 13.7 Å². The van der Waals surface area contributed by atoms with Gasteiger partial charge in [0.2, 0.25) is 17.1 Å². The maximum Gasteiger partial charge on any atom is 0.305 e. The van der Waals surface area contributed by atoms with Crippen molar-refractivity contribution in [2.24, 2.45) is 0 Å². The number of amides is 1. The Kier molecular flexibility index (Phi) is 11.4. The van der Waals surface area contributed by atoms with Gasteiger partial charge in [-0.25, -0.2) is 0 Å². The Balaban J connectivity index is 1.35. The Morgan fingerprint density at radius 2 is 1.69 bits per heavy atom. The molecule has 1 aliphatic heterocycles. The minimum Gasteiger partial charge on any atom is -0.482 e. The van der Waals surface area contributed by atoms with E-state index in [1.165, 1.54) is 24.3 Å². The van der Waals surface area contributed by atoms with Crippen molar-refractivity contribution in [1.82, 2.24) is 9.80 Å². The predicted molar refractivity (Wildman–Crippen MR) is 139 cm³/mol. The van der Waals surface area contributed by atoms with E-state index in [-0.39, 0.29) is 23.1 Å². The van der Waals surface area contributed by atoms with Gasteiger partial charge >= 0.3 is 5.97 Å². The van der Waals surface area contributed by atoms with Crippen molar-refractivity contribution in [2.75, 3.05) is 39.5 Å². The first-order valence-corrected chi connectivity index (χ1v) is 13.7. The normalized spacial score (nSPS) is 14.0. The third kappa shape index (κ3) is 9.02. The van der Waals surface area contributed by atoms with E-state index in [9.17, 15) is 14.4 Å². The molecule has 0 N–H and O–H groups in total. The van der Waals surface area contributed by atoms with Gasteiger partial charge in [0.25, 0.3) is 0 Å². The highest BCUT2D eigenvalue weighted by atomic mass is 32.2. The average Bonchev–Trinajstić information content (AvgIpc) is 2.90. The Morgan fingerprint density at radius 3 is 2.33 bits per heavy atom. The van der Waals surface area contributed by atoms with E-state index in [2.05, 4.69) is 9.64 Å². The lowest BCUT2D eigenvalue weighted by Gasteiger charge is -2.34. The van der Waals surface area contributed by atoms with Gasteiger partial charge < -0.3 is 18.8 Å². The zero-order chi connectivity index (χ0) is 25.8. The van der Waals surface area contributed by atoms with Crippen LogP contribution < -0.4 is 10.2 Å². The molecule has 0 bridgehead atoms. The molecule has 2 aromatic rings. The minimum absolute atomic E-state index is 0.179. The number of carbonyl (C=O) groups is 2. The average molecular weight is 517 g/mol. The number of hydrogen-bond donors (Lipinski definition) is 0. The number of ether oxygens (including phenoxy) is 2. The van der Waals surface area contributed by atoms with Gasteiger partial charge in [-0.1, -0.05) is 25.0 Å². The van der Waals surface area contributed by atoms with Gasteiger partial charge in [-0.2, -0.15) is 0 Å². The van der Waals surface area contributed by atoms with E-state index >= 15 is 0 Å². The topological polar surface area (TPSA) is 89.3 Å². The van der Waals surface area contributed by atoms with Crippen LogP contribution in [0, 0.1) is 0 Å². The molecule has 0 atom stereocenters. The summed E-state index contributed by atoms with van der Waals surface area (Å²) < 4.78 is 16.0. The van der Waals surface area contributed by atoms with Crippen LogP contribution in [0.3, 0.4) is 0 Å². The molecule has 8 nitrogen and oxygen atoms in total. The zero-order valence-corrected chi connectivity index (χ0v) is 22.0. The maximum absolute atomic E-state index is 12.5. The second kappa shape index (κ2) is 14.7. The van der Waals surface area contributed by atoms with Crippen molar-refractivity contribution in [2.45, 2.75) is 56.6 Å². The summed E-state index contributed by atoms with van der Waals surface area (Å²) in [6.07, 6.45) is 7.89. The highest BCUT2D eigenvalue weighted by molar-refractivity contribution is 7.98. The van der Waals surface area contributed by atoms with Gasteiger partial charge in [-0.05, 0) is 36.8 Å². The van der Waals surface area contributed by atoms with E-state index in [1.54, 1.807) is 11.8 Å². The molecule has 0 aliphatic carbocycles. The highest BCUT2D eigenvalue weighted by Gasteiger charge is 2.21. The number of piperazine rings is 1. The smallest absolute Gasteiger partial charge is 0.305 e.